The highest BCUT2D eigenvalue weighted by atomic mass is 19.1. The number of rotatable bonds is 2. The molecule has 2 aliphatic rings. The second kappa shape index (κ2) is 6.04. The second-order valence-corrected chi connectivity index (χ2v) is 6.70. The van der Waals surface area contributed by atoms with Crippen LogP contribution in [0, 0.1) is 11.7 Å². The van der Waals surface area contributed by atoms with Gasteiger partial charge in [0.25, 0.3) is 0 Å². The third kappa shape index (κ3) is 2.93. The number of hydrogen-bond donors (Lipinski definition) is 2. The number of nitrogens with one attached hydrogen (secondary N) is 2. The molecule has 2 heterocycles. The fraction of sp³-hybridized carbons (Fsp3) is 0.316. The Morgan fingerprint density at radius 3 is 2.64 bits per heavy atom. The largest absolute Gasteiger partial charge is 0.474 e. The van der Waals surface area contributed by atoms with Gasteiger partial charge in [0.15, 0.2) is 6.23 Å². The van der Waals surface area contributed by atoms with Gasteiger partial charge in [0.05, 0.1) is 5.92 Å². The fourth-order valence-corrected chi connectivity index (χ4v) is 3.37. The van der Waals surface area contributed by atoms with E-state index in [2.05, 4.69) is 10.6 Å². The van der Waals surface area contributed by atoms with E-state index in [1.165, 1.54) is 12.1 Å². The van der Waals surface area contributed by atoms with Crippen LogP contribution in [0.15, 0.2) is 42.5 Å². The summed E-state index contributed by atoms with van der Waals surface area (Å²) in [5.41, 5.74) is 2.78. The lowest BCUT2D eigenvalue weighted by atomic mass is 9.91. The molecule has 0 radical (unpaired) electrons. The standard InChI is InChI=1S/C19H20FN3O2/c1-23(2)14-6-3-11(4-7-14)17-21-18(24)15-10-12-9-13(20)5-8-16(12)25-19(15)22-17/h3-9,15,17,19,22H,10H2,1-2H3,(H,21,24). The number of amides is 1. The van der Waals surface area contributed by atoms with E-state index in [9.17, 15) is 9.18 Å². The van der Waals surface area contributed by atoms with Gasteiger partial charge in [0.2, 0.25) is 5.91 Å². The molecule has 5 nitrogen and oxygen atoms in total. The molecule has 2 aromatic rings. The van der Waals surface area contributed by atoms with E-state index < -0.39 is 6.23 Å². The normalized spacial score (nSPS) is 24.6. The first-order valence-electron chi connectivity index (χ1n) is 8.30. The Hall–Kier alpha value is -2.60. The average Bonchev–Trinajstić information content (AvgIpc) is 2.60. The van der Waals surface area contributed by atoms with Gasteiger partial charge in [-0.05, 0) is 47.9 Å². The van der Waals surface area contributed by atoms with E-state index in [1.54, 1.807) is 6.07 Å². The number of hydrogen-bond acceptors (Lipinski definition) is 4. The van der Waals surface area contributed by atoms with Crippen molar-refractivity contribution >= 4 is 11.6 Å². The van der Waals surface area contributed by atoms with Crippen LogP contribution in [0.2, 0.25) is 0 Å². The predicted molar refractivity (Wildman–Crippen MR) is 92.8 cm³/mol. The monoisotopic (exact) mass is 341 g/mol. The Bertz CT molecular complexity index is 807. The number of anilines is 1. The molecule has 0 spiro atoms. The number of carbonyl (C=O) groups excluding carboxylic acids is 1. The maximum absolute atomic E-state index is 13.4. The maximum atomic E-state index is 13.4. The molecular weight excluding hydrogens is 321 g/mol. The van der Waals surface area contributed by atoms with Crippen molar-refractivity contribution in [3.8, 4) is 5.75 Å². The highest BCUT2D eigenvalue weighted by molar-refractivity contribution is 5.81. The Morgan fingerprint density at radius 2 is 1.92 bits per heavy atom. The van der Waals surface area contributed by atoms with Crippen LogP contribution in [0.3, 0.4) is 0 Å². The lowest BCUT2D eigenvalue weighted by Gasteiger charge is -2.40. The number of fused-ring (bicyclic) bond motifs is 2. The van der Waals surface area contributed by atoms with Crippen LogP contribution >= 0.6 is 0 Å². The van der Waals surface area contributed by atoms with Crippen LogP contribution in [0.5, 0.6) is 5.75 Å². The minimum absolute atomic E-state index is 0.0830. The minimum Gasteiger partial charge on any atom is -0.474 e. The molecule has 4 rings (SSSR count). The first-order chi connectivity index (χ1) is 12.0. The molecule has 0 aliphatic carbocycles. The molecule has 2 aromatic carbocycles. The molecular formula is C19H20FN3O2. The smallest absolute Gasteiger partial charge is 0.230 e. The van der Waals surface area contributed by atoms with Crippen LogP contribution in [0.1, 0.15) is 17.3 Å². The lowest BCUT2D eigenvalue weighted by Crippen LogP contribution is -2.60. The zero-order chi connectivity index (χ0) is 17.6. The Morgan fingerprint density at radius 1 is 1.16 bits per heavy atom. The third-order valence-corrected chi connectivity index (χ3v) is 4.78. The Balaban J connectivity index is 1.56. The van der Waals surface area contributed by atoms with Crippen LogP contribution in [0.4, 0.5) is 10.1 Å². The van der Waals surface area contributed by atoms with E-state index in [4.69, 9.17) is 4.74 Å². The van der Waals surface area contributed by atoms with Gasteiger partial charge < -0.3 is 15.0 Å². The summed E-state index contributed by atoms with van der Waals surface area (Å²) in [5, 5.41) is 6.33. The number of ether oxygens (including phenoxy) is 1. The van der Waals surface area contributed by atoms with Gasteiger partial charge in [-0.1, -0.05) is 12.1 Å². The van der Waals surface area contributed by atoms with Crippen molar-refractivity contribution in [3.63, 3.8) is 0 Å². The molecule has 3 atom stereocenters. The van der Waals surface area contributed by atoms with Crippen LogP contribution < -0.4 is 20.3 Å². The molecule has 25 heavy (non-hydrogen) atoms. The molecule has 6 heteroatoms. The predicted octanol–water partition coefficient (Wildman–Crippen LogP) is 2.19. The van der Waals surface area contributed by atoms with E-state index in [-0.39, 0.29) is 23.8 Å². The molecule has 0 aromatic heterocycles. The Kier molecular flexibility index (Phi) is 3.84. The van der Waals surface area contributed by atoms with Gasteiger partial charge >= 0.3 is 0 Å². The number of halogens is 1. The highest BCUT2D eigenvalue weighted by Crippen LogP contribution is 2.33. The molecule has 130 valence electrons. The van der Waals surface area contributed by atoms with Crippen molar-refractivity contribution < 1.29 is 13.9 Å². The summed E-state index contributed by atoms with van der Waals surface area (Å²) in [5.74, 6) is -0.137. The molecule has 2 N–H and O–H groups in total. The molecule has 0 saturated carbocycles. The van der Waals surface area contributed by atoms with Crippen molar-refractivity contribution in [1.29, 1.82) is 0 Å². The maximum Gasteiger partial charge on any atom is 0.230 e. The molecule has 3 unspecified atom stereocenters. The molecule has 2 aliphatic heterocycles. The number of nitrogens with zero attached hydrogens (tertiary/aromatic N) is 1. The van der Waals surface area contributed by atoms with E-state index in [1.807, 2.05) is 43.3 Å². The summed E-state index contributed by atoms with van der Waals surface area (Å²) < 4.78 is 19.3. The van der Waals surface area contributed by atoms with Gasteiger partial charge in [0.1, 0.15) is 17.7 Å². The molecule has 1 amide bonds. The lowest BCUT2D eigenvalue weighted by molar-refractivity contribution is -0.135. The quantitative estimate of drug-likeness (QED) is 0.879. The van der Waals surface area contributed by atoms with Gasteiger partial charge in [-0.3, -0.25) is 10.1 Å². The second-order valence-electron chi connectivity index (χ2n) is 6.70. The first kappa shape index (κ1) is 15.9. The molecule has 0 bridgehead atoms. The van der Waals surface area contributed by atoms with Crippen molar-refractivity contribution in [3.05, 3.63) is 59.4 Å². The van der Waals surface area contributed by atoms with Crippen LogP contribution in [-0.4, -0.2) is 26.2 Å². The SMILES string of the molecule is CN(C)c1ccc(C2NC(=O)C3Cc4cc(F)ccc4OC3N2)cc1. The summed E-state index contributed by atoms with van der Waals surface area (Å²) >= 11 is 0. The summed E-state index contributed by atoms with van der Waals surface area (Å²) in [6.07, 6.45) is -0.278. The van der Waals surface area contributed by atoms with E-state index in [0.717, 1.165) is 16.8 Å². The van der Waals surface area contributed by atoms with Gasteiger partial charge in [-0.15, -0.1) is 0 Å². The summed E-state index contributed by atoms with van der Waals surface area (Å²) in [7, 11) is 3.97. The average molecular weight is 341 g/mol. The fourth-order valence-electron chi connectivity index (χ4n) is 3.37. The zero-order valence-electron chi connectivity index (χ0n) is 14.1. The summed E-state index contributed by atoms with van der Waals surface area (Å²) in [6.45, 7) is 0. The highest BCUT2D eigenvalue weighted by Gasteiger charge is 2.41. The number of carbonyl (C=O) groups is 1. The summed E-state index contributed by atoms with van der Waals surface area (Å²) in [6, 6.07) is 12.4. The van der Waals surface area contributed by atoms with Gasteiger partial charge in [0, 0.05) is 19.8 Å². The van der Waals surface area contributed by atoms with Crippen LogP contribution in [-0.2, 0) is 11.2 Å². The third-order valence-electron chi connectivity index (χ3n) is 4.78. The van der Waals surface area contributed by atoms with Gasteiger partial charge in [-0.25, -0.2) is 4.39 Å². The van der Waals surface area contributed by atoms with Crippen LogP contribution in [0.25, 0.3) is 0 Å². The molecule has 1 fully saturated rings. The van der Waals surface area contributed by atoms with Crippen molar-refractivity contribution in [2.45, 2.75) is 18.8 Å². The number of benzene rings is 2. The van der Waals surface area contributed by atoms with Gasteiger partial charge in [-0.2, -0.15) is 0 Å². The molecule has 1 saturated heterocycles. The van der Waals surface area contributed by atoms with Crippen molar-refractivity contribution in [1.82, 2.24) is 10.6 Å². The zero-order valence-corrected chi connectivity index (χ0v) is 14.1. The first-order valence-corrected chi connectivity index (χ1v) is 8.30. The van der Waals surface area contributed by atoms with Crippen molar-refractivity contribution in [2.24, 2.45) is 5.92 Å². The minimum atomic E-state index is -0.426. The summed E-state index contributed by atoms with van der Waals surface area (Å²) in [4.78, 5) is 14.6. The Labute approximate surface area is 145 Å². The van der Waals surface area contributed by atoms with E-state index in [0.29, 0.717) is 12.2 Å². The van der Waals surface area contributed by atoms with E-state index >= 15 is 0 Å². The topological polar surface area (TPSA) is 53.6 Å². The van der Waals surface area contributed by atoms with Crippen molar-refractivity contribution in [2.75, 3.05) is 19.0 Å².